The second kappa shape index (κ2) is 10.00. The van der Waals surface area contributed by atoms with Crippen molar-refractivity contribution in [1.29, 1.82) is 0 Å². The minimum atomic E-state index is -0.0928. The summed E-state index contributed by atoms with van der Waals surface area (Å²) in [6.45, 7) is 7.35. The van der Waals surface area contributed by atoms with Gasteiger partial charge < -0.3 is 5.32 Å². The Morgan fingerprint density at radius 3 is 1.57 bits per heavy atom. The Morgan fingerprint density at radius 2 is 1.11 bits per heavy atom. The van der Waals surface area contributed by atoms with E-state index in [1.165, 1.54) is 0 Å². The van der Waals surface area contributed by atoms with Crippen molar-refractivity contribution in [3.63, 3.8) is 0 Å². The largest absolute Gasteiger partial charge is 0.326 e. The minimum absolute atomic E-state index is 0.00852. The molecule has 28 heavy (non-hydrogen) atoms. The van der Waals surface area contributed by atoms with Gasteiger partial charge in [0.25, 0.3) is 0 Å². The number of rotatable bonds is 3. The summed E-state index contributed by atoms with van der Waals surface area (Å²) < 4.78 is 0. The molecule has 142 valence electrons. The van der Waals surface area contributed by atoms with Crippen molar-refractivity contribution in [3.8, 4) is 23.8 Å². The summed E-state index contributed by atoms with van der Waals surface area (Å²) in [6.07, 6.45) is 0. The molecule has 0 saturated carbocycles. The number of hydrogen-bond donors (Lipinski definition) is 2. The Hall–Kier alpha value is -3.50. The van der Waals surface area contributed by atoms with Crippen LogP contribution < -0.4 is 10.6 Å². The van der Waals surface area contributed by atoms with E-state index in [1.807, 2.05) is 76.2 Å². The lowest BCUT2D eigenvalue weighted by molar-refractivity contribution is -0.122. The van der Waals surface area contributed by atoms with E-state index in [4.69, 9.17) is 0 Å². The molecule has 0 radical (unpaired) electrons. The number of hydrogen-bond acceptors (Lipinski definition) is 2. The summed E-state index contributed by atoms with van der Waals surface area (Å²) in [4.78, 5) is 23.2. The third kappa shape index (κ3) is 6.67. The van der Waals surface area contributed by atoms with Crippen molar-refractivity contribution in [2.24, 2.45) is 11.8 Å². The average molecular weight is 372 g/mol. The zero-order chi connectivity index (χ0) is 20.5. The number of amides is 2. The number of carbonyl (C=O) groups is 2. The Kier molecular flexibility index (Phi) is 7.43. The highest BCUT2D eigenvalue weighted by atomic mass is 16.2. The van der Waals surface area contributed by atoms with Gasteiger partial charge >= 0.3 is 0 Å². The van der Waals surface area contributed by atoms with E-state index in [-0.39, 0.29) is 23.7 Å². The van der Waals surface area contributed by atoms with Crippen LogP contribution in [-0.4, -0.2) is 11.8 Å². The molecule has 0 bridgehead atoms. The quantitative estimate of drug-likeness (QED) is 0.637. The highest BCUT2D eigenvalue weighted by molar-refractivity contribution is 5.92. The molecule has 0 aromatic heterocycles. The lowest BCUT2D eigenvalue weighted by Gasteiger charge is -2.07. The summed E-state index contributed by atoms with van der Waals surface area (Å²) in [5.41, 5.74) is 3.30. The monoisotopic (exact) mass is 372 g/mol. The normalized spacial score (nSPS) is 9.79. The van der Waals surface area contributed by atoms with E-state index >= 15 is 0 Å². The summed E-state index contributed by atoms with van der Waals surface area (Å²) >= 11 is 0. The predicted octanol–water partition coefficient (Wildman–Crippen LogP) is 3.76. The van der Waals surface area contributed by atoms with Gasteiger partial charge in [0.1, 0.15) is 0 Å². The Morgan fingerprint density at radius 1 is 0.679 bits per heavy atom. The standard InChI is InChI=1S/C24H24N2O2/c1-17(2)23(27)25-16-15-21-9-7-19(8-10-21)5-6-20-11-13-22(14-12-20)26-24(28)18(3)4/h7-14,17-18H,1-4H3,(H,25,27)(H,26,28). The van der Waals surface area contributed by atoms with Crippen LogP contribution in [0, 0.1) is 35.6 Å². The first-order valence-corrected chi connectivity index (χ1v) is 9.19. The minimum Gasteiger partial charge on any atom is -0.326 e. The Labute approximate surface area is 166 Å². The van der Waals surface area contributed by atoms with Crippen molar-refractivity contribution in [2.75, 3.05) is 5.32 Å². The van der Waals surface area contributed by atoms with E-state index in [0.29, 0.717) is 0 Å². The lowest BCUT2D eigenvalue weighted by atomic mass is 10.1. The van der Waals surface area contributed by atoms with E-state index in [1.54, 1.807) is 0 Å². The number of anilines is 1. The topological polar surface area (TPSA) is 58.2 Å². The molecule has 2 N–H and O–H groups in total. The first-order valence-electron chi connectivity index (χ1n) is 9.19. The molecule has 0 aliphatic rings. The van der Waals surface area contributed by atoms with E-state index in [0.717, 1.165) is 22.4 Å². The van der Waals surface area contributed by atoms with Crippen LogP contribution in [0.25, 0.3) is 0 Å². The van der Waals surface area contributed by atoms with Gasteiger partial charge in [0.05, 0.1) is 0 Å². The SMILES string of the molecule is CC(C)C(=O)NC#Cc1ccc(C#Cc2ccc(NC(=O)C(C)C)cc2)cc1. The van der Waals surface area contributed by atoms with Crippen molar-refractivity contribution >= 4 is 17.5 Å². The first kappa shape index (κ1) is 20.8. The molecule has 2 aromatic rings. The van der Waals surface area contributed by atoms with Gasteiger partial charge in [-0.1, -0.05) is 39.5 Å². The van der Waals surface area contributed by atoms with Crippen LogP contribution in [0.15, 0.2) is 48.5 Å². The first-order chi connectivity index (χ1) is 13.3. The van der Waals surface area contributed by atoms with Crippen LogP contribution >= 0.6 is 0 Å². The summed E-state index contributed by atoms with van der Waals surface area (Å²) in [5, 5.41) is 5.41. The smallest absolute Gasteiger partial charge is 0.233 e. The third-order valence-electron chi connectivity index (χ3n) is 3.83. The molecule has 0 saturated heterocycles. The number of benzene rings is 2. The van der Waals surface area contributed by atoms with Crippen molar-refractivity contribution < 1.29 is 9.59 Å². The van der Waals surface area contributed by atoms with Crippen LogP contribution in [0.5, 0.6) is 0 Å². The van der Waals surface area contributed by atoms with Gasteiger partial charge in [-0.05, 0) is 54.5 Å². The van der Waals surface area contributed by atoms with Crippen molar-refractivity contribution in [3.05, 3.63) is 65.2 Å². The molecule has 2 aromatic carbocycles. The van der Waals surface area contributed by atoms with E-state index in [9.17, 15) is 9.59 Å². The van der Waals surface area contributed by atoms with Gasteiger partial charge in [0.2, 0.25) is 11.8 Å². The molecule has 4 heteroatoms. The van der Waals surface area contributed by atoms with Gasteiger partial charge in [0.15, 0.2) is 0 Å². The number of nitrogens with one attached hydrogen (secondary N) is 2. The fraction of sp³-hybridized carbons (Fsp3) is 0.250. The van der Waals surface area contributed by atoms with Gasteiger partial charge in [-0.25, -0.2) is 0 Å². The maximum absolute atomic E-state index is 11.7. The second-order valence-electron chi connectivity index (χ2n) is 6.94. The molecule has 0 spiro atoms. The van der Waals surface area contributed by atoms with Gasteiger partial charge in [-0.3, -0.25) is 14.9 Å². The third-order valence-corrected chi connectivity index (χ3v) is 3.83. The Balaban J connectivity index is 1.98. The molecular weight excluding hydrogens is 348 g/mol. The predicted molar refractivity (Wildman–Crippen MR) is 112 cm³/mol. The molecular formula is C24H24N2O2. The van der Waals surface area contributed by atoms with Crippen LogP contribution in [0.1, 0.15) is 44.4 Å². The second-order valence-corrected chi connectivity index (χ2v) is 6.94. The zero-order valence-electron chi connectivity index (χ0n) is 16.6. The van der Waals surface area contributed by atoms with Crippen LogP contribution in [0.4, 0.5) is 5.69 Å². The van der Waals surface area contributed by atoms with Crippen LogP contribution in [-0.2, 0) is 9.59 Å². The van der Waals surface area contributed by atoms with Crippen LogP contribution in [0.3, 0.4) is 0 Å². The fourth-order valence-corrected chi connectivity index (χ4v) is 2.01. The zero-order valence-corrected chi connectivity index (χ0v) is 16.6. The molecule has 0 aliphatic carbocycles. The molecule has 0 atom stereocenters. The molecule has 0 aliphatic heterocycles. The average Bonchev–Trinajstić information content (AvgIpc) is 2.68. The maximum atomic E-state index is 11.7. The summed E-state index contributed by atoms with van der Waals surface area (Å²) in [7, 11) is 0. The molecule has 0 fully saturated rings. The number of carbonyl (C=O) groups excluding carboxylic acids is 2. The van der Waals surface area contributed by atoms with Gasteiger partial charge in [-0.2, -0.15) is 0 Å². The van der Waals surface area contributed by atoms with Crippen LogP contribution in [0.2, 0.25) is 0 Å². The highest BCUT2D eigenvalue weighted by Crippen LogP contribution is 2.10. The van der Waals surface area contributed by atoms with Crippen molar-refractivity contribution in [1.82, 2.24) is 5.32 Å². The summed E-state index contributed by atoms with van der Waals surface area (Å²) in [6, 6.07) is 17.6. The van der Waals surface area contributed by atoms with E-state index in [2.05, 4.69) is 34.4 Å². The lowest BCUT2D eigenvalue weighted by Crippen LogP contribution is -2.22. The van der Waals surface area contributed by atoms with Gasteiger partial charge in [-0.15, -0.1) is 0 Å². The van der Waals surface area contributed by atoms with Crippen molar-refractivity contribution in [2.45, 2.75) is 27.7 Å². The van der Waals surface area contributed by atoms with E-state index < -0.39 is 0 Å². The molecule has 2 amide bonds. The Bertz CT molecular complexity index is 948. The molecule has 4 nitrogen and oxygen atoms in total. The highest BCUT2D eigenvalue weighted by Gasteiger charge is 2.06. The maximum Gasteiger partial charge on any atom is 0.233 e. The molecule has 0 heterocycles. The fourth-order valence-electron chi connectivity index (χ4n) is 2.01. The van der Waals surface area contributed by atoms with Gasteiger partial charge in [0, 0.05) is 40.3 Å². The molecule has 0 unspecified atom stereocenters. The molecule has 2 rings (SSSR count). The summed E-state index contributed by atoms with van der Waals surface area (Å²) in [5.74, 6) is 8.85.